The van der Waals surface area contributed by atoms with Crippen LogP contribution in [0.5, 0.6) is 0 Å². The van der Waals surface area contributed by atoms with Crippen LogP contribution in [-0.4, -0.2) is 49.8 Å². The van der Waals surface area contributed by atoms with Crippen LogP contribution in [0.15, 0.2) is 18.3 Å². The number of fused-ring (bicyclic) bond motifs is 1. The van der Waals surface area contributed by atoms with E-state index in [0.717, 1.165) is 11.4 Å². The second-order valence-corrected chi connectivity index (χ2v) is 6.29. The summed E-state index contributed by atoms with van der Waals surface area (Å²) in [4.78, 5) is 13.4. The largest absolute Gasteiger partial charge is 0.379 e. The zero-order valence-electron chi connectivity index (χ0n) is 12.5. The number of nitrogens with zero attached hydrogens (tertiary/aromatic N) is 3. The Kier molecular flexibility index (Phi) is 3.47. The lowest BCUT2D eigenvalue weighted by atomic mass is 9.84. The second kappa shape index (κ2) is 5.08. The smallest absolute Gasteiger partial charge is 0.269 e. The molecular formula is C14H21N5O3. The first-order valence-corrected chi connectivity index (χ1v) is 7.20. The molecule has 0 aliphatic carbocycles. The van der Waals surface area contributed by atoms with Gasteiger partial charge in [0.15, 0.2) is 0 Å². The number of carbonyl (C=O) groups excluding carboxylic acids is 1. The fraction of sp³-hybridized carbons (Fsp3) is 0.571. The fourth-order valence-corrected chi connectivity index (χ4v) is 3.31. The molecule has 3 atom stereocenters. The highest BCUT2D eigenvalue weighted by atomic mass is 16.3. The summed E-state index contributed by atoms with van der Waals surface area (Å²) in [6.45, 7) is 7.33. The zero-order chi connectivity index (χ0) is 16.1. The minimum atomic E-state index is -0.864. The molecule has 1 amide bonds. The van der Waals surface area contributed by atoms with Crippen LogP contribution < -0.4 is 11.1 Å². The summed E-state index contributed by atoms with van der Waals surface area (Å²) < 4.78 is 1.70. The third kappa shape index (κ3) is 2.39. The zero-order valence-corrected chi connectivity index (χ0v) is 12.5. The quantitative estimate of drug-likeness (QED) is 0.554. The molecule has 0 bridgehead atoms. The molecule has 3 unspecified atom stereocenters. The first-order chi connectivity index (χ1) is 10.3. The van der Waals surface area contributed by atoms with E-state index in [4.69, 9.17) is 5.73 Å². The van der Waals surface area contributed by atoms with Gasteiger partial charge in [0, 0.05) is 12.2 Å². The number of rotatable bonds is 2. The first kappa shape index (κ1) is 15.0. The van der Waals surface area contributed by atoms with Crippen LogP contribution in [0.25, 0.3) is 0 Å². The number of carbonyl (C=O) groups is 1. The lowest BCUT2D eigenvalue weighted by molar-refractivity contribution is 0.00726. The van der Waals surface area contributed by atoms with Crippen molar-refractivity contribution in [3.8, 4) is 0 Å². The Morgan fingerprint density at radius 1 is 1.55 bits per heavy atom. The number of allylic oxidation sites excluding steroid dienone is 1. The molecule has 3 heterocycles. The lowest BCUT2D eigenvalue weighted by Crippen LogP contribution is -2.46. The lowest BCUT2D eigenvalue weighted by Gasteiger charge is -2.35. The molecule has 1 aromatic heterocycles. The van der Waals surface area contributed by atoms with Crippen molar-refractivity contribution < 1.29 is 15.0 Å². The van der Waals surface area contributed by atoms with E-state index in [1.165, 1.54) is 0 Å². The summed E-state index contributed by atoms with van der Waals surface area (Å²) in [7, 11) is 0. The first-order valence-electron chi connectivity index (χ1n) is 7.20. The highest BCUT2D eigenvalue weighted by Crippen LogP contribution is 2.38. The molecule has 5 N–H and O–H groups in total. The molecule has 1 saturated heterocycles. The van der Waals surface area contributed by atoms with Crippen molar-refractivity contribution in [1.29, 1.82) is 0 Å². The van der Waals surface area contributed by atoms with Crippen molar-refractivity contribution in [2.75, 3.05) is 6.54 Å². The van der Waals surface area contributed by atoms with Gasteiger partial charge in [-0.1, -0.05) is 6.58 Å². The molecular weight excluding hydrogens is 286 g/mol. The number of amides is 1. The SMILES string of the molecule is C=C(C)N1Cc2cc(C(N)=O)nn2CC2(CC(O)NC2O)C1. The van der Waals surface area contributed by atoms with Gasteiger partial charge in [-0.15, -0.1) is 0 Å². The maximum atomic E-state index is 11.4. The normalized spacial score (nSPS) is 31.1. The number of aliphatic hydroxyl groups excluding tert-OH is 2. The summed E-state index contributed by atoms with van der Waals surface area (Å²) >= 11 is 0. The predicted octanol–water partition coefficient (Wildman–Crippen LogP) is -1.05. The van der Waals surface area contributed by atoms with E-state index in [9.17, 15) is 15.0 Å². The molecule has 0 saturated carbocycles. The Hall–Kier alpha value is -1.90. The van der Waals surface area contributed by atoms with Gasteiger partial charge in [-0.25, -0.2) is 0 Å². The van der Waals surface area contributed by atoms with Crippen LogP contribution in [-0.2, 0) is 13.1 Å². The number of hydrogen-bond donors (Lipinski definition) is 4. The van der Waals surface area contributed by atoms with Crippen molar-refractivity contribution in [3.05, 3.63) is 29.7 Å². The average Bonchev–Trinajstić information content (AvgIpc) is 2.86. The summed E-state index contributed by atoms with van der Waals surface area (Å²) in [5.74, 6) is -0.582. The number of aromatic nitrogens is 2. The third-order valence-corrected chi connectivity index (χ3v) is 4.51. The van der Waals surface area contributed by atoms with Gasteiger partial charge in [0.2, 0.25) is 0 Å². The van der Waals surface area contributed by atoms with E-state index >= 15 is 0 Å². The molecule has 1 spiro atoms. The van der Waals surface area contributed by atoms with Crippen LogP contribution in [0.3, 0.4) is 0 Å². The van der Waals surface area contributed by atoms with E-state index in [2.05, 4.69) is 17.0 Å². The number of aliphatic hydroxyl groups is 2. The second-order valence-electron chi connectivity index (χ2n) is 6.29. The van der Waals surface area contributed by atoms with Crippen molar-refractivity contribution in [1.82, 2.24) is 20.0 Å². The molecule has 1 fully saturated rings. The molecule has 2 aliphatic rings. The Bertz CT molecular complexity index is 628. The highest BCUT2D eigenvalue weighted by molar-refractivity contribution is 5.90. The Morgan fingerprint density at radius 3 is 2.82 bits per heavy atom. The maximum absolute atomic E-state index is 11.4. The minimum Gasteiger partial charge on any atom is -0.379 e. The number of nitrogens with two attached hydrogens (primary N) is 1. The number of hydrogen-bond acceptors (Lipinski definition) is 6. The van der Waals surface area contributed by atoms with E-state index in [-0.39, 0.29) is 5.69 Å². The standard InChI is InChI=1S/C14H21N5O3/c1-8(2)18-5-9-3-10(12(15)21)17-19(9)7-14(6-18)4-11(20)16-13(14)22/h3,11,13,16,20,22H,1,4-7H2,2H3,(H2,15,21). The fourth-order valence-electron chi connectivity index (χ4n) is 3.31. The maximum Gasteiger partial charge on any atom is 0.269 e. The molecule has 8 heteroatoms. The van der Waals surface area contributed by atoms with Gasteiger partial charge in [-0.2, -0.15) is 5.10 Å². The minimum absolute atomic E-state index is 0.203. The summed E-state index contributed by atoms with van der Waals surface area (Å²) in [6.07, 6.45) is -1.24. The Labute approximate surface area is 128 Å². The van der Waals surface area contributed by atoms with E-state index in [1.54, 1.807) is 10.7 Å². The monoisotopic (exact) mass is 307 g/mol. The van der Waals surface area contributed by atoms with Gasteiger partial charge in [0.1, 0.15) is 18.1 Å². The van der Waals surface area contributed by atoms with Gasteiger partial charge < -0.3 is 20.8 Å². The van der Waals surface area contributed by atoms with Crippen molar-refractivity contribution in [2.45, 2.75) is 38.9 Å². The Balaban J connectivity index is 2.03. The molecule has 120 valence electrons. The number of primary amides is 1. The van der Waals surface area contributed by atoms with Crippen molar-refractivity contribution in [2.24, 2.45) is 11.1 Å². The van der Waals surface area contributed by atoms with Crippen molar-refractivity contribution >= 4 is 5.91 Å². The molecule has 2 aliphatic heterocycles. The van der Waals surface area contributed by atoms with Crippen LogP contribution in [0.1, 0.15) is 29.5 Å². The molecule has 3 rings (SSSR count). The molecule has 8 nitrogen and oxygen atoms in total. The Morgan fingerprint density at radius 2 is 2.27 bits per heavy atom. The van der Waals surface area contributed by atoms with Crippen LogP contribution >= 0.6 is 0 Å². The molecule has 0 radical (unpaired) electrons. The van der Waals surface area contributed by atoms with Gasteiger partial charge in [-0.05, 0) is 19.4 Å². The van der Waals surface area contributed by atoms with Gasteiger partial charge in [0.05, 0.1) is 24.2 Å². The van der Waals surface area contributed by atoms with Crippen molar-refractivity contribution in [3.63, 3.8) is 0 Å². The van der Waals surface area contributed by atoms with E-state index in [0.29, 0.717) is 26.1 Å². The van der Waals surface area contributed by atoms with Gasteiger partial charge >= 0.3 is 0 Å². The molecule has 0 aromatic carbocycles. The third-order valence-electron chi connectivity index (χ3n) is 4.51. The number of nitrogens with one attached hydrogen (secondary N) is 1. The van der Waals surface area contributed by atoms with Crippen LogP contribution in [0.2, 0.25) is 0 Å². The highest BCUT2D eigenvalue weighted by Gasteiger charge is 2.49. The van der Waals surface area contributed by atoms with Crippen LogP contribution in [0.4, 0.5) is 0 Å². The predicted molar refractivity (Wildman–Crippen MR) is 78.2 cm³/mol. The summed E-state index contributed by atoms with van der Waals surface area (Å²) in [6, 6.07) is 1.67. The summed E-state index contributed by atoms with van der Waals surface area (Å²) in [5, 5.41) is 27.2. The topological polar surface area (TPSA) is 117 Å². The van der Waals surface area contributed by atoms with E-state index < -0.39 is 23.8 Å². The van der Waals surface area contributed by atoms with Gasteiger partial charge in [-0.3, -0.25) is 14.8 Å². The van der Waals surface area contributed by atoms with Crippen LogP contribution in [0, 0.1) is 5.41 Å². The average molecular weight is 307 g/mol. The van der Waals surface area contributed by atoms with E-state index in [1.807, 2.05) is 11.8 Å². The van der Waals surface area contributed by atoms with Gasteiger partial charge in [0.25, 0.3) is 5.91 Å². The molecule has 1 aromatic rings. The summed E-state index contributed by atoms with van der Waals surface area (Å²) in [5.41, 5.74) is 6.59. The molecule has 22 heavy (non-hydrogen) atoms.